The Morgan fingerprint density at radius 3 is 2.58 bits per heavy atom. The van der Waals surface area contributed by atoms with Crippen LogP contribution in [0.5, 0.6) is 0 Å². The zero-order chi connectivity index (χ0) is 13.7. The molecule has 1 amide bonds. The van der Waals surface area contributed by atoms with Crippen LogP contribution in [-0.4, -0.2) is 16.9 Å². The fourth-order valence-electron chi connectivity index (χ4n) is 2.30. The Balaban J connectivity index is 1.88. The fourth-order valence-corrected chi connectivity index (χ4v) is 2.30. The minimum absolute atomic E-state index is 0.0139. The van der Waals surface area contributed by atoms with Gasteiger partial charge in [0.15, 0.2) is 0 Å². The molecular weight excluding hydrogens is 238 g/mol. The first-order chi connectivity index (χ1) is 9.15. The number of hydrogen-bond acceptors (Lipinski definition) is 3. The number of carbonyl (C=O) groups is 1. The van der Waals surface area contributed by atoms with Gasteiger partial charge in [-0.2, -0.15) is 0 Å². The van der Waals surface area contributed by atoms with Gasteiger partial charge in [0.2, 0.25) is 5.91 Å². The van der Waals surface area contributed by atoms with Crippen LogP contribution in [0.1, 0.15) is 46.0 Å². The molecule has 1 aliphatic rings. The van der Waals surface area contributed by atoms with Crippen molar-refractivity contribution < 1.29 is 4.79 Å². The van der Waals surface area contributed by atoms with E-state index < -0.39 is 0 Å². The number of anilines is 2. The lowest BCUT2D eigenvalue weighted by Crippen LogP contribution is -2.23. The van der Waals surface area contributed by atoms with Crippen molar-refractivity contribution in [3.05, 3.63) is 18.3 Å². The zero-order valence-electron chi connectivity index (χ0n) is 11.8. The van der Waals surface area contributed by atoms with Gasteiger partial charge in [-0.05, 0) is 25.0 Å². The molecule has 2 rings (SSSR count). The number of nitrogens with one attached hydrogen (secondary N) is 2. The van der Waals surface area contributed by atoms with Crippen molar-refractivity contribution in [2.24, 2.45) is 5.92 Å². The van der Waals surface area contributed by atoms with Crippen molar-refractivity contribution in [1.82, 2.24) is 4.98 Å². The van der Waals surface area contributed by atoms with Crippen molar-refractivity contribution in [2.45, 2.75) is 52.0 Å². The van der Waals surface area contributed by atoms with E-state index in [0.717, 1.165) is 11.5 Å². The van der Waals surface area contributed by atoms with E-state index in [9.17, 15) is 4.79 Å². The lowest BCUT2D eigenvalue weighted by atomic mass is 9.95. The van der Waals surface area contributed by atoms with Gasteiger partial charge in [-0.25, -0.2) is 4.98 Å². The van der Waals surface area contributed by atoms with Crippen LogP contribution in [0.2, 0.25) is 0 Å². The van der Waals surface area contributed by atoms with Crippen molar-refractivity contribution in [3.63, 3.8) is 0 Å². The van der Waals surface area contributed by atoms with Crippen LogP contribution in [-0.2, 0) is 4.79 Å². The molecule has 1 fully saturated rings. The Labute approximate surface area is 115 Å². The monoisotopic (exact) mass is 261 g/mol. The molecule has 0 saturated heterocycles. The minimum Gasteiger partial charge on any atom is -0.367 e. The van der Waals surface area contributed by atoms with Crippen LogP contribution in [0.4, 0.5) is 11.5 Å². The highest BCUT2D eigenvalue weighted by molar-refractivity contribution is 5.91. The van der Waals surface area contributed by atoms with E-state index in [0.29, 0.717) is 6.04 Å². The summed E-state index contributed by atoms with van der Waals surface area (Å²) in [4.78, 5) is 15.9. The Morgan fingerprint density at radius 2 is 2.00 bits per heavy atom. The first kappa shape index (κ1) is 13.8. The molecule has 1 aliphatic carbocycles. The van der Waals surface area contributed by atoms with Crippen LogP contribution in [0.15, 0.2) is 18.3 Å². The highest BCUT2D eigenvalue weighted by atomic mass is 16.1. The third-order valence-corrected chi connectivity index (χ3v) is 3.51. The molecule has 1 saturated carbocycles. The number of carbonyl (C=O) groups excluding carboxylic acids is 1. The van der Waals surface area contributed by atoms with Gasteiger partial charge in [0, 0.05) is 12.0 Å². The van der Waals surface area contributed by atoms with E-state index in [4.69, 9.17) is 0 Å². The molecule has 2 N–H and O–H groups in total. The highest BCUT2D eigenvalue weighted by Crippen LogP contribution is 2.21. The van der Waals surface area contributed by atoms with E-state index in [1.807, 2.05) is 26.0 Å². The van der Waals surface area contributed by atoms with Crippen LogP contribution in [0, 0.1) is 5.92 Å². The summed E-state index contributed by atoms with van der Waals surface area (Å²) in [6, 6.07) is 4.39. The summed E-state index contributed by atoms with van der Waals surface area (Å²) in [5, 5.41) is 6.30. The van der Waals surface area contributed by atoms with E-state index >= 15 is 0 Å². The summed E-state index contributed by atoms with van der Waals surface area (Å²) in [5.41, 5.74) is 0.757. The number of amides is 1. The molecule has 4 nitrogen and oxygen atoms in total. The number of nitrogens with zero attached hydrogens (tertiary/aromatic N) is 1. The zero-order valence-corrected chi connectivity index (χ0v) is 11.8. The van der Waals surface area contributed by atoms with Crippen LogP contribution >= 0.6 is 0 Å². The van der Waals surface area contributed by atoms with Crippen LogP contribution < -0.4 is 10.6 Å². The van der Waals surface area contributed by atoms with E-state index in [1.54, 1.807) is 6.20 Å². The maximum Gasteiger partial charge on any atom is 0.226 e. The maximum atomic E-state index is 11.6. The lowest BCUT2D eigenvalue weighted by Gasteiger charge is -2.23. The number of aromatic nitrogens is 1. The van der Waals surface area contributed by atoms with Gasteiger partial charge in [-0.15, -0.1) is 0 Å². The van der Waals surface area contributed by atoms with E-state index in [1.165, 1.54) is 32.1 Å². The van der Waals surface area contributed by atoms with Gasteiger partial charge in [0.1, 0.15) is 5.82 Å². The van der Waals surface area contributed by atoms with Gasteiger partial charge < -0.3 is 10.6 Å². The maximum absolute atomic E-state index is 11.6. The van der Waals surface area contributed by atoms with Gasteiger partial charge in [-0.3, -0.25) is 4.79 Å². The summed E-state index contributed by atoms with van der Waals surface area (Å²) < 4.78 is 0. The average Bonchev–Trinajstić information content (AvgIpc) is 2.42. The Hall–Kier alpha value is -1.58. The number of hydrogen-bond donors (Lipinski definition) is 2. The Bertz CT molecular complexity index is 408. The second-order valence-electron chi connectivity index (χ2n) is 5.56. The van der Waals surface area contributed by atoms with E-state index in [-0.39, 0.29) is 11.8 Å². The summed E-state index contributed by atoms with van der Waals surface area (Å²) in [6.45, 7) is 3.75. The molecule has 0 aliphatic heterocycles. The largest absolute Gasteiger partial charge is 0.367 e. The average molecular weight is 261 g/mol. The summed E-state index contributed by atoms with van der Waals surface area (Å²) in [7, 11) is 0. The second kappa shape index (κ2) is 6.55. The molecule has 4 heteroatoms. The quantitative estimate of drug-likeness (QED) is 0.873. The third kappa shape index (κ3) is 4.23. The van der Waals surface area contributed by atoms with Gasteiger partial charge in [0.25, 0.3) is 0 Å². The first-order valence-corrected chi connectivity index (χ1v) is 7.18. The smallest absolute Gasteiger partial charge is 0.226 e. The standard InChI is InChI=1S/C15H23N3O/c1-11(2)15(19)18-13-8-9-14(16-10-13)17-12-6-4-3-5-7-12/h8-12H,3-7H2,1-2H3,(H,16,17)(H,18,19). The molecule has 0 spiro atoms. The lowest BCUT2D eigenvalue weighted by molar-refractivity contribution is -0.118. The molecule has 0 radical (unpaired) electrons. The molecule has 0 unspecified atom stereocenters. The van der Waals surface area contributed by atoms with Crippen LogP contribution in [0.25, 0.3) is 0 Å². The van der Waals surface area contributed by atoms with Crippen molar-refractivity contribution in [2.75, 3.05) is 10.6 Å². The molecule has 0 aromatic carbocycles. The molecule has 104 valence electrons. The van der Waals surface area contributed by atoms with Crippen molar-refractivity contribution in [3.8, 4) is 0 Å². The minimum atomic E-state index is -0.0139. The molecular formula is C15H23N3O. The predicted octanol–water partition coefficient (Wildman–Crippen LogP) is 3.42. The van der Waals surface area contributed by atoms with Gasteiger partial charge in [0.05, 0.1) is 11.9 Å². The Kier molecular flexibility index (Phi) is 4.77. The van der Waals surface area contributed by atoms with Crippen LogP contribution in [0.3, 0.4) is 0 Å². The fraction of sp³-hybridized carbons (Fsp3) is 0.600. The predicted molar refractivity (Wildman–Crippen MR) is 78.2 cm³/mol. The first-order valence-electron chi connectivity index (χ1n) is 7.18. The van der Waals surface area contributed by atoms with Gasteiger partial charge in [-0.1, -0.05) is 33.1 Å². The van der Waals surface area contributed by atoms with Gasteiger partial charge >= 0.3 is 0 Å². The summed E-state index contributed by atoms with van der Waals surface area (Å²) in [5.74, 6) is 0.907. The molecule has 0 atom stereocenters. The SMILES string of the molecule is CC(C)C(=O)Nc1ccc(NC2CCCCC2)nc1. The molecule has 19 heavy (non-hydrogen) atoms. The van der Waals surface area contributed by atoms with Crippen molar-refractivity contribution in [1.29, 1.82) is 0 Å². The molecule has 1 aromatic rings. The van der Waals surface area contributed by atoms with Crippen molar-refractivity contribution >= 4 is 17.4 Å². The number of rotatable bonds is 4. The molecule has 1 aromatic heterocycles. The molecule has 0 bridgehead atoms. The topological polar surface area (TPSA) is 54.0 Å². The normalized spacial score (nSPS) is 16.4. The summed E-state index contributed by atoms with van der Waals surface area (Å²) in [6.07, 6.45) is 8.14. The number of pyridine rings is 1. The van der Waals surface area contributed by atoms with E-state index in [2.05, 4.69) is 15.6 Å². The third-order valence-electron chi connectivity index (χ3n) is 3.51. The Morgan fingerprint density at radius 1 is 1.26 bits per heavy atom. The summed E-state index contributed by atoms with van der Waals surface area (Å²) >= 11 is 0. The molecule has 1 heterocycles. The highest BCUT2D eigenvalue weighted by Gasteiger charge is 2.13. The second-order valence-corrected chi connectivity index (χ2v) is 5.56.